The van der Waals surface area contributed by atoms with Gasteiger partial charge in [-0.1, -0.05) is 12.1 Å². The van der Waals surface area contributed by atoms with Crippen LogP contribution >= 0.6 is 11.8 Å². The van der Waals surface area contributed by atoms with Gasteiger partial charge >= 0.3 is 0 Å². The first-order valence-corrected chi connectivity index (χ1v) is 8.06. The van der Waals surface area contributed by atoms with Gasteiger partial charge < -0.3 is 5.11 Å². The molecule has 16 heavy (non-hydrogen) atoms. The maximum Gasteiger partial charge on any atom is 0.147 e. The molecule has 0 spiro atoms. The zero-order valence-corrected chi connectivity index (χ0v) is 10.9. The summed E-state index contributed by atoms with van der Waals surface area (Å²) in [6.45, 7) is 0.0546. The van der Waals surface area contributed by atoms with E-state index in [4.69, 9.17) is 5.11 Å². The summed E-state index contributed by atoms with van der Waals surface area (Å²) in [7, 11) is -2.84. The third-order valence-corrected chi connectivity index (χ3v) is 4.16. The minimum Gasteiger partial charge on any atom is -0.392 e. The Kier molecular flexibility index (Phi) is 5.31. The second-order valence-corrected chi connectivity index (χ2v) is 7.06. The zero-order chi connectivity index (χ0) is 12.0. The van der Waals surface area contributed by atoms with Crippen LogP contribution in [0, 0.1) is 0 Å². The maximum absolute atomic E-state index is 10.9. The van der Waals surface area contributed by atoms with E-state index in [1.807, 2.05) is 24.3 Å². The van der Waals surface area contributed by atoms with E-state index in [0.29, 0.717) is 6.42 Å². The predicted molar refractivity (Wildman–Crippen MR) is 67.4 cm³/mol. The van der Waals surface area contributed by atoms with Crippen LogP contribution in [0.5, 0.6) is 0 Å². The second-order valence-electron chi connectivity index (χ2n) is 3.63. The summed E-state index contributed by atoms with van der Waals surface area (Å²) in [5, 5.41) is 8.86. The number of hydrogen-bond donors (Lipinski definition) is 1. The van der Waals surface area contributed by atoms with Gasteiger partial charge in [-0.2, -0.15) is 0 Å². The normalized spacial score (nSPS) is 11.6. The molecule has 0 saturated heterocycles. The molecular weight excluding hydrogens is 244 g/mol. The van der Waals surface area contributed by atoms with Crippen molar-refractivity contribution < 1.29 is 13.5 Å². The first kappa shape index (κ1) is 13.5. The summed E-state index contributed by atoms with van der Waals surface area (Å²) in [6, 6.07) is 7.63. The highest BCUT2D eigenvalue weighted by molar-refractivity contribution is 7.99. The van der Waals surface area contributed by atoms with E-state index >= 15 is 0 Å². The molecule has 1 rings (SSSR count). The summed E-state index contributed by atoms with van der Waals surface area (Å²) >= 11 is 1.63. The fourth-order valence-corrected chi connectivity index (χ4v) is 2.91. The van der Waals surface area contributed by atoms with Gasteiger partial charge in [-0.05, 0) is 29.9 Å². The molecule has 3 nitrogen and oxygen atoms in total. The Hall–Kier alpha value is -0.520. The fraction of sp³-hybridized carbons (Fsp3) is 0.455. The van der Waals surface area contributed by atoms with Gasteiger partial charge in [0.15, 0.2) is 0 Å². The Morgan fingerprint density at radius 1 is 1.25 bits per heavy atom. The van der Waals surface area contributed by atoms with E-state index in [2.05, 4.69) is 0 Å². The van der Waals surface area contributed by atoms with Crippen LogP contribution in [-0.4, -0.2) is 31.3 Å². The standard InChI is InChI=1S/C11H16O3S2/c1-16(13,14)8-2-7-15-11-5-3-10(9-12)4-6-11/h3-6,12H,2,7-9H2,1H3. The highest BCUT2D eigenvalue weighted by atomic mass is 32.2. The molecule has 0 unspecified atom stereocenters. The second kappa shape index (κ2) is 6.27. The van der Waals surface area contributed by atoms with Crippen molar-refractivity contribution in [2.24, 2.45) is 0 Å². The lowest BCUT2D eigenvalue weighted by Crippen LogP contribution is -2.03. The number of sulfone groups is 1. The van der Waals surface area contributed by atoms with Crippen LogP contribution in [0.15, 0.2) is 29.2 Å². The summed E-state index contributed by atoms with van der Waals surface area (Å²) in [4.78, 5) is 1.10. The molecule has 0 radical (unpaired) electrons. The average molecular weight is 260 g/mol. The summed E-state index contributed by atoms with van der Waals surface area (Å²) in [5.74, 6) is 1.04. The average Bonchev–Trinajstić information content (AvgIpc) is 2.24. The van der Waals surface area contributed by atoms with Crippen molar-refractivity contribution in [1.29, 1.82) is 0 Å². The molecule has 0 aliphatic carbocycles. The molecule has 0 heterocycles. The van der Waals surface area contributed by atoms with Crippen LogP contribution in [0.2, 0.25) is 0 Å². The summed E-state index contributed by atoms with van der Waals surface area (Å²) in [5.41, 5.74) is 0.889. The van der Waals surface area contributed by atoms with Gasteiger partial charge in [-0.3, -0.25) is 0 Å². The number of aliphatic hydroxyl groups excluding tert-OH is 1. The van der Waals surface area contributed by atoms with Gasteiger partial charge in [0.05, 0.1) is 12.4 Å². The number of thioether (sulfide) groups is 1. The lowest BCUT2D eigenvalue weighted by Gasteiger charge is -2.02. The first-order valence-electron chi connectivity index (χ1n) is 5.01. The number of hydrogen-bond acceptors (Lipinski definition) is 4. The van der Waals surface area contributed by atoms with Crippen LogP contribution < -0.4 is 0 Å². The van der Waals surface area contributed by atoms with Gasteiger partial charge in [0.1, 0.15) is 9.84 Å². The van der Waals surface area contributed by atoms with Crippen molar-refractivity contribution in [2.45, 2.75) is 17.9 Å². The van der Waals surface area contributed by atoms with Gasteiger partial charge in [0.2, 0.25) is 0 Å². The molecule has 0 bridgehead atoms. The van der Waals surface area contributed by atoms with Crippen molar-refractivity contribution in [3.63, 3.8) is 0 Å². The Morgan fingerprint density at radius 2 is 1.88 bits per heavy atom. The van der Waals surface area contributed by atoms with E-state index in [1.54, 1.807) is 11.8 Å². The molecule has 0 fully saturated rings. The minimum atomic E-state index is -2.84. The molecule has 1 aromatic carbocycles. The maximum atomic E-state index is 10.9. The smallest absolute Gasteiger partial charge is 0.147 e. The monoisotopic (exact) mass is 260 g/mol. The molecule has 1 N–H and O–H groups in total. The molecule has 0 aliphatic heterocycles. The summed E-state index contributed by atoms with van der Waals surface area (Å²) in [6.07, 6.45) is 1.93. The number of benzene rings is 1. The molecule has 0 aromatic heterocycles. The first-order chi connectivity index (χ1) is 7.51. The molecule has 0 aliphatic rings. The molecule has 0 amide bonds. The van der Waals surface area contributed by atoms with Crippen molar-refractivity contribution in [1.82, 2.24) is 0 Å². The molecule has 0 saturated carbocycles. The number of aliphatic hydroxyl groups is 1. The Morgan fingerprint density at radius 3 is 2.38 bits per heavy atom. The van der Waals surface area contributed by atoms with E-state index < -0.39 is 9.84 Å². The number of rotatable bonds is 6. The predicted octanol–water partition coefficient (Wildman–Crippen LogP) is 1.71. The Bertz CT molecular complexity index is 409. The van der Waals surface area contributed by atoms with Crippen LogP contribution in [0.25, 0.3) is 0 Å². The SMILES string of the molecule is CS(=O)(=O)CCCSc1ccc(CO)cc1. The van der Waals surface area contributed by atoms with Crippen LogP contribution in [0.1, 0.15) is 12.0 Å². The highest BCUT2D eigenvalue weighted by Gasteiger charge is 2.01. The molecule has 90 valence electrons. The van der Waals surface area contributed by atoms with Crippen molar-refractivity contribution >= 4 is 21.6 Å². The lowest BCUT2D eigenvalue weighted by molar-refractivity contribution is 0.282. The molecular formula is C11H16O3S2. The Balaban J connectivity index is 2.32. The van der Waals surface area contributed by atoms with E-state index in [9.17, 15) is 8.42 Å². The highest BCUT2D eigenvalue weighted by Crippen LogP contribution is 2.19. The van der Waals surface area contributed by atoms with Gasteiger partial charge in [-0.15, -0.1) is 11.8 Å². The van der Waals surface area contributed by atoms with Crippen LogP contribution in [0.3, 0.4) is 0 Å². The van der Waals surface area contributed by atoms with Crippen molar-refractivity contribution in [3.8, 4) is 0 Å². The van der Waals surface area contributed by atoms with E-state index in [-0.39, 0.29) is 12.4 Å². The lowest BCUT2D eigenvalue weighted by atomic mass is 10.2. The third kappa shape index (κ3) is 5.53. The van der Waals surface area contributed by atoms with E-state index in [1.165, 1.54) is 6.26 Å². The molecule has 1 aromatic rings. The van der Waals surface area contributed by atoms with Crippen LogP contribution in [0.4, 0.5) is 0 Å². The Labute approximate surface area is 101 Å². The fourth-order valence-electron chi connectivity index (χ4n) is 1.20. The zero-order valence-electron chi connectivity index (χ0n) is 9.22. The molecule has 0 atom stereocenters. The summed E-state index contributed by atoms with van der Waals surface area (Å²) < 4.78 is 21.8. The minimum absolute atomic E-state index is 0.0546. The topological polar surface area (TPSA) is 54.4 Å². The van der Waals surface area contributed by atoms with Gasteiger partial charge in [0.25, 0.3) is 0 Å². The van der Waals surface area contributed by atoms with Gasteiger partial charge in [-0.25, -0.2) is 8.42 Å². The largest absolute Gasteiger partial charge is 0.392 e. The quantitative estimate of drug-likeness (QED) is 0.625. The van der Waals surface area contributed by atoms with E-state index in [0.717, 1.165) is 16.2 Å². The van der Waals surface area contributed by atoms with Gasteiger partial charge in [0, 0.05) is 11.2 Å². The molecule has 5 heteroatoms. The van der Waals surface area contributed by atoms with Crippen molar-refractivity contribution in [2.75, 3.05) is 17.8 Å². The van der Waals surface area contributed by atoms with Crippen LogP contribution in [-0.2, 0) is 16.4 Å². The third-order valence-electron chi connectivity index (χ3n) is 2.03. The van der Waals surface area contributed by atoms with Crippen molar-refractivity contribution in [3.05, 3.63) is 29.8 Å².